The number of ether oxygens (including phenoxy) is 1. The Morgan fingerprint density at radius 1 is 1.30 bits per heavy atom. The Labute approximate surface area is 153 Å². The van der Waals surface area contributed by atoms with Crippen LogP contribution in [0.3, 0.4) is 0 Å². The van der Waals surface area contributed by atoms with Gasteiger partial charge in [-0.3, -0.25) is 9.69 Å². The van der Waals surface area contributed by atoms with Crippen LogP contribution in [0.25, 0.3) is 0 Å². The van der Waals surface area contributed by atoms with Gasteiger partial charge >= 0.3 is 0 Å². The van der Waals surface area contributed by atoms with Crippen LogP contribution in [0.15, 0.2) is 24.3 Å². The first-order valence-corrected chi connectivity index (χ1v) is 9.59. The molecule has 5 heteroatoms. The second-order valence-electron chi connectivity index (χ2n) is 6.01. The summed E-state index contributed by atoms with van der Waals surface area (Å²) in [6.07, 6.45) is 2.27. The number of amides is 1. The number of morpholine rings is 1. The van der Waals surface area contributed by atoms with E-state index in [1.54, 1.807) is 0 Å². The number of nitrogens with zero attached hydrogens (tertiary/aromatic N) is 1. The molecule has 1 fully saturated rings. The highest BCUT2D eigenvalue weighted by Gasteiger charge is 2.27. The van der Waals surface area contributed by atoms with Crippen molar-refractivity contribution in [2.75, 3.05) is 32.8 Å². The van der Waals surface area contributed by atoms with Crippen molar-refractivity contribution in [3.63, 3.8) is 0 Å². The quantitative estimate of drug-likeness (QED) is 0.676. The molecular weight excluding hydrogens is 403 g/mol. The average Bonchev–Trinajstić information content (AvgIpc) is 2.59. The molecule has 1 aliphatic heterocycles. The van der Waals surface area contributed by atoms with Gasteiger partial charge in [0.25, 0.3) is 5.91 Å². The molecule has 0 bridgehead atoms. The summed E-state index contributed by atoms with van der Waals surface area (Å²) in [6.45, 7) is 8.69. The summed E-state index contributed by atoms with van der Waals surface area (Å²) < 4.78 is 6.56. The number of hydrogen-bond acceptors (Lipinski definition) is 3. The summed E-state index contributed by atoms with van der Waals surface area (Å²) in [5.41, 5.74) is 0.738. The molecule has 1 heterocycles. The first-order chi connectivity index (χ1) is 11.2. The summed E-state index contributed by atoms with van der Waals surface area (Å²) in [4.78, 5) is 14.9. The third-order valence-corrected chi connectivity index (χ3v) is 5.34. The van der Waals surface area contributed by atoms with Gasteiger partial charge < -0.3 is 10.1 Å². The molecule has 4 nitrogen and oxygen atoms in total. The van der Waals surface area contributed by atoms with E-state index in [9.17, 15) is 4.79 Å². The predicted octanol–water partition coefficient (Wildman–Crippen LogP) is 3.16. The molecule has 1 amide bonds. The topological polar surface area (TPSA) is 41.6 Å². The van der Waals surface area contributed by atoms with Crippen molar-refractivity contribution in [1.82, 2.24) is 10.2 Å². The van der Waals surface area contributed by atoms with Gasteiger partial charge in [0.2, 0.25) is 0 Å². The molecule has 1 aromatic carbocycles. The predicted molar refractivity (Wildman–Crippen MR) is 102 cm³/mol. The molecule has 23 heavy (non-hydrogen) atoms. The Hall–Kier alpha value is -0.660. The molecule has 128 valence electrons. The van der Waals surface area contributed by atoms with Gasteiger partial charge in [0.05, 0.1) is 13.2 Å². The third-order valence-electron chi connectivity index (χ3n) is 4.67. The van der Waals surface area contributed by atoms with E-state index in [2.05, 4.69) is 46.7 Å². The highest BCUT2D eigenvalue weighted by molar-refractivity contribution is 14.1. The van der Waals surface area contributed by atoms with Crippen molar-refractivity contribution >= 4 is 28.5 Å². The lowest BCUT2D eigenvalue weighted by Crippen LogP contribution is -2.52. The smallest absolute Gasteiger partial charge is 0.251 e. The van der Waals surface area contributed by atoms with Crippen molar-refractivity contribution in [2.45, 2.75) is 32.7 Å². The minimum Gasteiger partial charge on any atom is -0.379 e. The number of hydrogen-bond donors (Lipinski definition) is 1. The minimum atomic E-state index is 0.0210. The molecule has 0 spiro atoms. The minimum absolute atomic E-state index is 0.0210. The first kappa shape index (κ1) is 18.7. The van der Waals surface area contributed by atoms with Crippen LogP contribution >= 0.6 is 22.6 Å². The Bertz CT molecular complexity index is 500. The average molecular weight is 430 g/mol. The summed E-state index contributed by atoms with van der Waals surface area (Å²) in [7, 11) is 0. The van der Waals surface area contributed by atoms with Crippen molar-refractivity contribution in [3.05, 3.63) is 33.4 Å². The van der Waals surface area contributed by atoms with Gasteiger partial charge in [-0.25, -0.2) is 0 Å². The zero-order valence-corrected chi connectivity index (χ0v) is 16.2. The lowest BCUT2D eigenvalue weighted by molar-refractivity contribution is 0.00191. The van der Waals surface area contributed by atoms with Gasteiger partial charge in [-0.2, -0.15) is 0 Å². The highest BCUT2D eigenvalue weighted by Crippen LogP contribution is 2.20. The van der Waals surface area contributed by atoms with Gasteiger partial charge in [0, 0.05) is 34.8 Å². The molecule has 1 atom stereocenters. The molecule has 1 N–H and O–H groups in total. The van der Waals surface area contributed by atoms with Crippen LogP contribution in [-0.2, 0) is 4.74 Å². The molecular formula is C18H27IN2O2. The summed E-state index contributed by atoms with van der Waals surface area (Å²) in [5, 5.41) is 3.15. The van der Waals surface area contributed by atoms with E-state index in [-0.39, 0.29) is 5.91 Å². The largest absolute Gasteiger partial charge is 0.379 e. The molecule has 2 rings (SSSR count). The maximum absolute atomic E-state index is 12.4. The van der Waals surface area contributed by atoms with Gasteiger partial charge in [-0.1, -0.05) is 32.8 Å². The fourth-order valence-corrected chi connectivity index (χ4v) is 3.81. The maximum atomic E-state index is 12.4. The summed E-state index contributed by atoms with van der Waals surface area (Å²) >= 11 is 2.24. The number of benzene rings is 1. The van der Waals surface area contributed by atoms with E-state index in [0.29, 0.717) is 18.5 Å². The van der Waals surface area contributed by atoms with E-state index < -0.39 is 0 Å². The van der Waals surface area contributed by atoms with E-state index >= 15 is 0 Å². The van der Waals surface area contributed by atoms with Gasteiger partial charge in [0.15, 0.2) is 0 Å². The van der Waals surface area contributed by atoms with E-state index in [1.807, 2.05) is 24.3 Å². The Balaban J connectivity index is 2.00. The maximum Gasteiger partial charge on any atom is 0.251 e. The molecule has 0 aliphatic carbocycles. The summed E-state index contributed by atoms with van der Waals surface area (Å²) in [5.74, 6) is 0.622. The van der Waals surface area contributed by atoms with Crippen LogP contribution in [-0.4, -0.2) is 49.7 Å². The first-order valence-electron chi connectivity index (χ1n) is 8.51. The van der Waals surface area contributed by atoms with Crippen LogP contribution in [0, 0.1) is 9.49 Å². The van der Waals surface area contributed by atoms with Crippen LogP contribution in [0.1, 0.15) is 37.0 Å². The number of carbonyl (C=O) groups is 1. The zero-order valence-electron chi connectivity index (χ0n) is 14.1. The van der Waals surface area contributed by atoms with E-state index in [4.69, 9.17) is 4.74 Å². The lowest BCUT2D eigenvalue weighted by atomic mass is 9.92. The van der Waals surface area contributed by atoms with Crippen LogP contribution in [0.2, 0.25) is 0 Å². The third kappa shape index (κ3) is 5.43. The molecule has 1 aliphatic rings. The van der Waals surface area contributed by atoms with Crippen LogP contribution in [0.4, 0.5) is 0 Å². The molecule has 0 radical (unpaired) electrons. The lowest BCUT2D eigenvalue weighted by Gasteiger charge is -2.38. The number of halogens is 1. The Kier molecular flexibility index (Phi) is 7.79. The number of rotatable bonds is 7. The van der Waals surface area contributed by atoms with E-state index in [0.717, 1.165) is 48.3 Å². The second-order valence-corrected chi connectivity index (χ2v) is 7.26. The van der Waals surface area contributed by atoms with Crippen molar-refractivity contribution in [3.8, 4) is 0 Å². The van der Waals surface area contributed by atoms with Crippen molar-refractivity contribution in [1.29, 1.82) is 0 Å². The van der Waals surface area contributed by atoms with Crippen molar-refractivity contribution < 1.29 is 9.53 Å². The molecule has 0 saturated carbocycles. The van der Waals surface area contributed by atoms with Crippen LogP contribution < -0.4 is 5.32 Å². The van der Waals surface area contributed by atoms with Crippen molar-refractivity contribution in [2.24, 2.45) is 5.92 Å². The molecule has 1 unspecified atom stereocenters. The van der Waals surface area contributed by atoms with Gasteiger partial charge in [-0.05, 0) is 46.7 Å². The number of nitrogens with one attached hydrogen (secondary N) is 1. The monoisotopic (exact) mass is 430 g/mol. The summed E-state index contributed by atoms with van der Waals surface area (Å²) in [6, 6.07) is 8.12. The Morgan fingerprint density at radius 2 is 2.00 bits per heavy atom. The zero-order chi connectivity index (χ0) is 16.7. The fraction of sp³-hybridized carbons (Fsp3) is 0.611. The SMILES string of the molecule is CCC(CC)C(CNC(=O)c1cccc(I)c1)N1CCOCC1. The highest BCUT2D eigenvalue weighted by atomic mass is 127. The molecule has 1 aromatic rings. The molecule has 0 aromatic heterocycles. The molecule has 1 saturated heterocycles. The van der Waals surface area contributed by atoms with Crippen LogP contribution in [0.5, 0.6) is 0 Å². The Morgan fingerprint density at radius 3 is 2.61 bits per heavy atom. The standard InChI is InChI=1S/C18H27IN2O2/c1-3-14(4-2)17(21-8-10-23-11-9-21)13-20-18(22)15-6-5-7-16(19)12-15/h5-7,12,14,17H,3-4,8-11,13H2,1-2H3,(H,20,22). The van der Waals surface area contributed by atoms with E-state index in [1.165, 1.54) is 0 Å². The fourth-order valence-electron chi connectivity index (χ4n) is 3.26. The number of carbonyl (C=O) groups excluding carboxylic acids is 1. The second kappa shape index (κ2) is 9.59. The van der Waals surface area contributed by atoms with Gasteiger partial charge in [-0.15, -0.1) is 0 Å². The normalized spacial score (nSPS) is 17.2. The van der Waals surface area contributed by atoms with Gasteiger partial charge in [0.1, 0.15) is 0 Å².